The third-order valence-corrected chi connectivity index (χ3v) is 5.69. The highest BCUT2D eigenvalue weighted by molar-refractivity contribution is 7.99. The zero-order valence-electron chi connectivity index (χ0n) is 14.4. The van der Waals surface area contributed by atoms with E-state index in [9.17, 15) is 5.11 Å². The molecular weight excluding hydrogens is 338 g/mol. The van der Waals surface area contributed by atoms with Crippen molar-refractivity contribution < 1.29 is 5.11 Å². The van der Waals surface area contributed by atoms with Crippen LogP contribution in [0, 0.1) is 0 Å². The number of aliphatic hydroxyl groups excluding tert-OH is 1. The fourth-order valence-electron chi connectivity index (χ4n) is 2.99. The summed E-state index contributed by atoms with van der Waals surface area (Å²) in [7, 11) is 0. The molecule has 0 aromatic rings. The van der Waals surface area contributed by atoms with E-state index in [0.717, 1.165) is 76.8 Å². The Kier molecular flexibility index (Phi) is 7.60. The van der Waals surface area contributed by atoms with Gasteiger partial charge in [-0.05, 0) is 61.2 Å². The van der Waals surface area contributed by atoms with E-state index in [1.165, 1.54) is 0 Å². The van der Waals surface area contributed by atoms with Crippen LogP contribution in [-0.4, -0.2) is 28.4 Å². The fraction of sp³-hybridized carbons (Fsp3) is 0.450. The molecule has 4 heteroatoms. The maximum absolute atomic E-state index is 10.3. The van der Waals surface area contributed by atoms with Gasteiger partial charge in [0.05, 0.1) is 11.8 Å². The molecule has 1 saturated carbocycles. The van der Waals surface area contributed by atoms with E-state index in [-0.39, 0.29) is 0 Å². The minimum Gasteiger partial charge on any atom is -0.387 e. The molecular formula is C20H26ClNOS. The first kappa shape index (κ1) is 19.3. The highest BCUT2D eigenvalue weighted by Gasteiger charge is 2.23. The molecule has 2 nitrogen and oxygen atoms in total. The highest BCUT2D eigenvalue weighted by Crippen LogP contribution is 2.36. The quantitative estimate of drug-likeness (QED) is 0.663. The van der Waals surface area contributed by atoms with Crippen LogP contribution < -0.4 is 0 Å². The van der Waals surface area contributed by atoms with E-state index in [1.807, 2.05) is 30.8 Å². The van der Waals surface area contributed by atoms with Crippen molar-refractivity contribution in [2.45, 2.75) is 45.1 Å². The van der Waals surface area contributed by atoms with Gasteiger partial charge in [-0.1, -0.05) is 43.3 Å². The normalized spacial score (nSPS) is 28.1. The molecule has 0 spiro atoms. The first-order valence-electron chi connectivity index (χ1n) is 8.48. The first-order chi connectivity index (χ1) is 11.6. The maximum atomic E-state index is 10.3. The summed E-state index contributed by atoms with van der Waals surface area (Å²) in [4.78, 5) is 4.85. The zero-order valence-corrected chi connectivity index (χ0v) is 15.9. The largest absolute Gasteiger partial charge is 0.387 e. The van der Waals surface area contributed by atoms with E-state index in [4.69, 9.17) is 16.6 Å². The number of allylic oxidation sites excluding steroid dienone is 5. The van der Waals surface area contributed by atoms with Crippen LogP contribution in [0.4, 0.5) is 0 Å². The van der Waals surface area contributed by atoms with Crippen molar-refractivity contribution in [3.8, 4) is 0 Å². The summed E-state index contributed by atoms with van der Waals surface area (Å²) in [5.41, 5.74) is 4.78. The molecule has 2 rings (SSSR count). The minimum absolute atomic E-state index is 0.441. The Morgan fingerprint density at radius 3 is 2.79 bits per heavy atom. The number of hydrogen-bond acceptors (Lipinski definition) is 3. The fourth-order valence-corrected chi connectivity index (χ4v) is 4.40. The lowest BCUT2D eigenvalue weighted by atomic mass is 9.94. The van der Waals surface area contributed by atoms with Crippen LogP contribution in [0.25, 0.3) is 0 Å². The molecule has 130 valence electrons. The molecule has 0 bridgehead atoms. The lowest BCUT2D eigenvalue weighted by molar-refractivity contribution is 0.215. The monoisotopic (exact) mass is 363 g/mol. The van der Waals surface area contributed by atoms with Crippen molar-refractivity contribution in [2.75, 3.05) is 11.5 Å². The van der Waals surface area contributed by atoms with Crippen molar-refractivity contribution in [2.24, 2.45) is 4.99 Å². The van der Waals surface area contributed by atoms with Gasteiger partial charge in [0.1, 0.15) is 0 Å². The van der Waals surface area contributed by atoms with Gasteiger partial charge in [0.25, 0.3) is 0 Å². The second-order valence-electron chi connectivity index (χ2n) is 6.05. The van der Waals surface area contributed by atoms with Crippen molar-refractivity contribution in [3.63, 3.8) is 0 Å². The van der Waals surface area contributed by atoms with Crippen LogP contribution in [0.3, 0.4) is 0 Å². The topological polar surface area (TPSA) is 32.6 Å². The number of hydrogen-bond donors (Lipinski definition) is 1. The molecule has 0 aromatic heterocycles. The number of nitrogens with zero attached hydrogens (tertiary/aromatic N) is 1. The molecule has 1 unspecified atom stereocenters. The minimum atomic E-state index is -0.441. The smallest absolute Gasteiger partial charge is 0.0921 e. The van der Waals surface area contributed by atoms with Crippen LogP contribution in [0.2, 0.25) is 0 Å². The summed E-state index contributed by atoms with van der Waals surface area (Å²) in [6.07, 6.45) is 9.86. The molecule has 1 heterocycles. The van der Waals surface area contributed by atoms with Crippen molar-refractivity contribution >= 4 is 29.1 Å². The Hall–Kier alpha value is -1.03. The maximum Gasteiger partial charge on any atom is 0.0921 e. The van der Waals surface area contributed by atoms with E-state index in [2.05, 4.69) is 13.2 Å². The Morgan fingerprint density at radius 1 is 1.33 bits per heavy atom. The number of aliphatic imine (C=N–C) groups is 1. The van der Waals surface area contributed by atoms with E-state index < -0.39 is 6.10 Å². The second kappa shape index (κ2) is 9.45. The van der Waals surface area contributed by atoms with Crippen LogP contribution in [0.15, 0.2) is 63.8 Å². The van der Waals surface area contributed by atoms with Crippen molar-refractivity contribution in [3.05, 3.63) is 58.8 Å². The molecule has 2 aliphatic rings. The Morgan fingerprint density at radius 2 is 2.12 bits per heavy atom. The molecule has 0 amide bonds. The highest BCUT2D eigenvalue weighted by atomic mass is 35.5. The van der Waals surface area contributed by atoms with Gasteiger partial charge in [-0.25, -0.2) is 0 Å². The van der Waals surface area contributed by atoms with Gasteiger partial charge in [0.15, 0.2) is 0 Å². The average Bonchev–Trinajstić information content (AvgIpc) is 2.60. The van der Waals surface area contributed by atoms with Crippen LogP contribution in [0.5, 0.6) is 0 Å². The molecule has 1 atom stereocenters. The van der Waals surface area contributed by atoms with Gasteiger partial charge in [-0.15, -0.1) is 0 Å². The third-order valence-electron chi connectivity index (χ3n) is 4.35. The summed E-state index contributed by atoms with van der Waals surface area (Å²) in [5.74, 6) is 1.92. The summed E-state index contributed by atoms with van der Waals surface area (Å²) >= 11 is 8.39. The molecule has 1 aliphatic heterocycles. The lowest BCUT2D eigenvalue weighted by Gasteiger charge is -2.24. The van der Waals surface area contributed by atoms with E-state index >= 15 is 0 Å². The summed E-state index contributed by atoms with van der Waals surface area (Å²) < 4.78 is 0. The molecule has 1 aliphatic carbocycles. The zero-order chi connectivity index (χ0) is 17.5. The van der Waals surface area contributed by atoms with E-state index in [1.54, 1.807) is 6.08 Å². The van der Waals surface area contributed by atoms with Gasteiger partial charge >= 0.3 is 0 Å². The molecule has 1 saturated heterocycles. The molecule has 0 radical (unpaired) electrons. The number of halogens is 1. The summed E-state index contributed by atoms with van der Waals surface area (Å²) in [6, 6.07) is 0. The number of thioether (sulfide) groups is 1. The Balaban J connectivity index is 2.56. The summed E-state index contributed by atoms with van der Waals surface area (Å²) in [6.45, 7) is 9.95. The van der Waals surface area contributed by atoms with Gasteiger partial charge < -0.3 is 5.11 Å². The predicted molar refractivity (Wildman–Crippen MR) is 108 cm³/mol. The average molecular weight is 364 g/mol. The van der Waals surface area contributed by atoms with Crippen LogP contribution in [-0.2, 0) is 0 Å². The third kappa shape index (κ3) is 4.75. The molecule has 1 N–H and O–H groups in total. The van der Waals surface area contributed by atoms with Crippen LogP contribution >= 0.6 is 23.4 Å². The predicted octanol–water partition coefficient (Wildman–Crippen LogP) is 5.56. The van der Waals surface area contributed by atoms with Gasteiger partial charge in [0.2, 0.25) is 0 Å². The SMILES string of the molecule is C=CC(=C)/C(N=C1CCCCC1O)=C1/CCSC/C1=C(Cl)/C=C/C. The summed E-state index contributed by atoms with van der Waals surface area (Å²) in [5, 5.41) is 11.0. The van der Waals surface area contributed by atoms with Gasteiger partial charge in [-0.2, -0.15) is 11.8 Å². The molecule has 0 aromatic carbocycles. The van der Waals surface area contributed by atoms with E-state index in [0.29, 0.717) is 0 Å². The van der Waals surface area contributed by atoms with Gasteiger partial charge in [-0.3, -0.25) is 4.99 Å². The first-order valence-corrected chi connectivity index (χ1v) is 10.0. The Labute approximate surface area is 154 Å². The second-order valence-corrected chi connectivity index (χ2v) is 7.56. The van der Waals surface area contributed by atoms with Crippen molar-refractivity contribution in [1.82, 2.24) is 0 Å². The lowest BCUT2D eigenvalue weighted by Crippen LogP contribution is -2.24. The molecule has 24 heavy (non-hydrogen) atoms. The van der Waals surface area contributed by atoms with Crippen molar-refractivity contribution in [1.29, 1.82) is 0 Å². The number of rotatable bonds is 4. The standard InChI is InChI=1S/C20H26ClNOS/c1-4-8-17(21)16-13-24-12-11-15(16)20(14(3)5-2)22-18-9-6-7-10-19(18)23/h4-5,8,19,23H,2-3,6-7,9-13H2,1H3/b8-4+,17-16+,20-15+,22-18?. The molecule has 2 fully saturated rings. The number of aliphatic hydroxyl groups is 1. The Bertz CT molecular complexity index is 628. The van der Waals surface area contributed by atoms with Crippen LogP contribution in [0.1, 0.15) is 39.0 Å². The van der Waals surface area contributed by atoms with Gasteiger partial charge in [0, 0.05) is 16.5 Å².